The van der Waals surface area contributed by atoms with E-state index < -0.39 is 18.3 Å². The van der Waals surface area contributed by atoms with E-state index in [1.165, 1.54) is 0 Å². The number of aliphatic hydroxyl groups excluding tert-OH is 1. The van der Waals surface area contributed by atoms with Crippen LogP contribution in [0.25, 0.3) is 0 Å². The Labute approximate surface area is 123 Å². The Bertz CT molecular complexity index is 500. The van der Waals surface area contributed by atoms with Gasteiger partial charge in [0.15, 0.2) is 11.5 Å². The number of nitrogens with two attached hydrogens (primary N) is 1. The summed E-state index contributed by atoms with van der Waals surface area (Å²) in [6.07, 6.45) is -1.03. The number of fused-ring (bicyclic) bond motifs is 1. The lowest BCUT2D eigenvalue weighted by Crippen LogP contribution is -2.40. The monoisotopic (exact) mass is 296 g/mol. The van der Waals surface area contributed by atoms with E-state index >= 15 is 0 Å². The highest BCUT2D eigenvalue weighted by molar-refractivity contribution is 5.44. The minimum atomic E-state index is -0.806. The SMILES string of the molecule is NC(CN1CCC(F)C1)C(O)c1ccc2c(c1)OCCO2. The van der Waals surface area contributed by atoms with Crippen molar-refractivity contribution in [2.45, 2.75) is 24.7 Å². The Morgan fingerprint density at radius 2 is 2.10 bits per heavy atom. The Morgan fingerprint density at radius 3 is 2.81 bits per heavy atom. The van der Waals surface area contributed by atoms with Gasteiger partial charge >= 0.3 is 0 Å². The molecule has 0 bridgehead atoms. The van der Waals surface area contributed by atoms with Gasteiger partial charge in [0.25, 0.3) is 0 Å². The summed E-state index contributed by atoms with van der Waals surface area (Å²) in [5, 5.41) is 10.4. The molecule has 0 radical (unpaired) electrons. The third-order valence-corrected chi connectivity index (χ3v) is 4.00. The minimum Gasteiger partial charge on any atom is -0.486 e. The van der Waals surface area contributed by atoms with Gasteiger partial charge in [-0.05, 0) is 24.1 Å². The zero-order chi connectivity index (χ0) is 14.8. The van der Waals surface area contributed by atoms with Crippen LogP contribution in [0.2, 0.25) is 0 Å². The summed E-state index contributed by atoms with van der Waals surface area (Å²) in [5.74, 6) is 1.32. The zero-order valence-corrected chi connectivity index (χ0v) is 11.9. The van der Waals surface area contributed by atoms with Gasteiger partial charge in [-0.1, -0.05) is 6.07 Å². The predicted molar refractivity (Wildman–Crippen MR) is 76.3 cm³/mol. The highest BCUT2D eigenvalue weighted by Gasteiger charge is 2.27. The highest BCUT2D eigenvalue weighted by atomic mass is 19.1. The average Bonchev–Trinajstić information content (AvgIpc) is 2.91. The van der Waals surface area contributed by atoms with Crippen LogP contribution >= 0.6 is 0 Å². The summed E-state index contributed by atoms with van der Waals surface area (Å²) < 4.78 is 24.1. The highest BCUT2D eigenvalue weighted by Crippen LogP contribution is 2.33. The molecule has 0 saturated carbocycles. The van der Waals surface area contributed by atoms with Crippen molar-refractivity contribution in [1.29, 1.82) is 0 Å². The summed E-state index contributed by atoms with van der Waals surface area (Å²) in [4.78, 5) is 1.95. The van der Waals surface area contributed by atoms with Gasteiger partial charge in [-0.15, -0.1) is 0 Å². The van der Waals surface area contributed by atoms with E-state index in [1.807, 2.05) is 4.90 Å². The van der Waals surface area contributed by atoms with Gasteiger partial charge in [-0.2, -0.15) is 0 Å². The van der Waals surface area contributed by atoms with Crippen LogP contribution in [0.1, 0.15) is 18.1 Å². The molecule has 6 heteroatoms. The van der Waals surface area contributed by atoms with E-state index in [4.69, 9.17) is 15.2 Å². The smallest absolute Gasteiger partial charge is 0.161 e. The maximum absolute atomic E-state index is 13.2. The summed E-state index contributed by atoms with van der Waals surface area (Å²) in [6.45, 7) is 2.62. The van der Waals surface area contributed by atoms with E-state index in [1.54, 1.807) is 18.2 Å². The number of hydrogen-bond acceptors (Lipinski definition) is 5. The standard InChI is InChI=1S/C15H21FN2O3/c16-11-3-4-18(8-11)9-12(17)15(19)10-1-2-13-14(7-10)21-6-5-20-13/h1-2,7,11-12,15,19H,3-6,8-9,17H2. The fraction of sp³-hybridized carbons (Fsp3) is 0.600. The quantitative estimate of drug-likeness (QED) is 0.862. The van der Waals surface area contributed by atoms with Crippen molar-refractivity contribution in [3.63, 3.8) is 0 Å². The summed E-state index contributed by atoms with van der Waals surface area (Å²) in [7, 11) is 0. The van der Waals surface area contributed by atoms with Crippen molar-refractivity contribution in [2.24, 2.45) is 5.73 Å². The number of benzene rings is 1. The Balaban J connectivity index is 1.65. The average molecular weight is 296 g/mol. The second-order valence-electron chi connectivity index (χ2n) is 5.66. The van der Waals surface area contributed by atoms with E-state index in [0.29, 0.717) is 56.3 Å². The molecule has 2 heterocycles. The zero-order valence-electron chi connectivity index (χ0n) is 11.9. The summed E-state index contributed by atoms with van der Waals surface area (Å²) >= 11 is 0. The maximum Gasteiger partial charge on any atom is 0.161 e. The number of aliphatic hydroxyl groups is 1. The van der Waals surface area contributed by atoms with Gasteiger partial charge in [-0.25, -0.2) is 4.39 Å². The summed E-state index contributed by atoms with van der Waals surface area (Å²) in [6, 6.07) is 4.88. The van der Waals surface area contributed by atoms with Crippen LogP contribution in [-0.2, 0) is 0 Å². The maximum atomic E-state index is 13.2. The molecule has 1 saturated heterocycles. The van der Waals surface area contributed by atoms with E-state index in [9.17, 15) is 9.50 Å². The molecule has 1 aromatic rings. The molecule has 2 aliphatic rings. The first-order valence-electron chi connectivity index (χ1n) is 7.33. The molecule has 0 spiro atoms. The van der Waals surface area contributed by atoms with Gasteiger partial charge < -0.3 is 20.3 Å². The van der Waals surface area contributed by atoms with Crippen LogP contribution in [0.4, 0.5) is 4.39 Å². The van der Waals surface area contributed by atoms with Gasteiger partial charge in [0.2, 0.25) is 0 Å². The largest absolute Gasteiger partial charge is 0.486 e. The Hall–Kier alpha value is -1.37. The van der Waals surface area contributed by atoms with Crippen molar-refractivity contribution >= 4 is 0 Å². The predicted octanol–water partition coefficient (Wildman–Crippen LogP) is 0.862. The number of alkyl halides is 1. The van der Waals surface area contributed by atoms with E-state index in [2.05, 4.69) is 0 Å². The molecule has 5 nitrogen and oxygen atoms in total. The molecule has 3 atom stereocenters. The fourth-order valence-electron chi connectivity index (χ4n) is 2.84. The molecule has 0 amide bonds. The number of rotatable bonds is 4. The third-order valence-electron chi connectivity index (χ3n) is 4.00. The molecule has 1 fully saturated rings. The Kier molecular flexibility index (Phi) is 4.28. The lowest BCUT2D eigenvalue weighted by Gasteiger charge is -2.25. The third kappa shape index (κ3) is 3.28. The van der Waals surface area contributed by atoms with Gasteiger partial charge in [0.05, 0.1) is 6.10 Å². The van der Waals surface area contributed by atoms with Crippen LogP contribution in [0.15, 0.2) is 18.2 Å². The van der Waals surface area contributed by atoms with Gasteiger partial charge in [-0.3, -0.25) is 4.90 Å². The van der Waals surface area contributed by atoms with Crippen molar-refractivity contribution in [3.8, 4) is 11.5 Å². The topological polar surface area (TPSA) is 68.0 Å². The molecule has 1 aromatic carbocycles. The van der Waals surface area contributed by atoms with E-state index in [0.717, 1.165) is 0 Å². The van der Waals surface area contributed by atoms with Gasteiger partial charge in [0.1, 0.15) is 19.4 Å². The van der Waals surface area contributed by atoms with Crippen molar-refractivity contribution < 1.29 is 19.0 Å². The molecule has 21 heavy (non-hydrogen) atoms. The fourth-order valence-corrected chi connectivity index (χ4v) is 2.84. The molecule has 0 aromatic heterocycles. The molecule has 0 aliphatic carbocycles. The second-order valence-corrected chi connectivity index (χ2v) is 5.66. The van der Waals surface area contributed by atoms with Crippen molar-refractivity contribution in [3.05, 3.63) is 23.8 Å². The lowest BCUT2D eigenvalue weighted by molar-refractivity contribution is 0.122. The molecule has 3 rings (SSSR count). The summed E-state index contributed by atoms with van der Waals surface area (Å²) in [5.41, 5.74) is 6.76. The second kappa shape index (κ2) is 6.17. The lowest BCUT2D eigenvalue weighted by atomic mass is 10.0. The van der Waals surface area contributed by atoms with Crippen LogP contribution in [0.5, 0.6) is 11.5 Å². The van der Waals surface area contributed by atoms with Gasteiger partial charge in [0, 0.05) is 25.7 Å². The normalized spacial score (nSPS) is 24.8. The number of hydrogen-bond donors (Lipinski definition) is 2. The molecular formula is C15H21FN2O3. The molecule has 2 aliphatic heterocycles. The molecular weight excluding hydrogens is 275 g/mol. The van der Waals surface area contributed by atoms with Crippen LogP contribution in [0, 0.1) is 0 Å². The first kappa shape index (κ1) is 14.6. The van der Waals surface area contributed by atoms with Crippen LogP contribution < -0.4 is 15.2 Å². The molecule has 116 valence electrons. The number of nitrogens with zero attached hydrogens (tertiary/aromatic N) is 1. The molecule has 3 unspecified atom stereocenters. The first-order chi connectivity index (χ1) is 10.1. The molecule has 3 N–H and O–H groups in total. The van der Waals surface area contributed by atoms with Crippen molar-refractivity contribution in [1.82, 2.24) is 4.90 Å². The number of likely N-dealkylation sites (tertiary alicyclic amines) is 1. The van der Waals surface area contributed by atoms with Crippen molar-refractivity contribution in [2.75, 3.05) is 32.8 Å². The van der Waals surface area contributed by atoms with Crippen LogP contribution in [-0.4, -0.2) is 55.1 Å². The van der Waals surface area contributed by atoms with Crippen LogP contribution in [0.3, 0.4) is 0 Å². The number of halogens is 1. The van der Waals surface area contributed by atoms with E-state index in [-0.39, 0.29) is 0 Å². The Morgan fingerprint density at radius 1 is 1.33 bits per heavy atom. The minimum absolute atomic E-state index is 0.404. The first-order valence-corrected chi connectivity index (χ1v) is 7.33. The number of ether oxygens (including phenoxy) is 2.